The molecule has 0 unspecified atom stereocenters. The zero-order valence-corrected chi connectivity index (χ0v) is 14.8. The van der Waals surface area contributed by atoms with Gasteiger partial charge in [0, 0.05) is 35.8 Å². The second kappa shape index (κ2) is 7.04. The number of carboxylic acids is 1. The minimum Gasteiger partial charge on any atom is -0.477 e. The van der Waals surface area contributed by atoms with Gasteiger partial charge in [0.05, 0.1) is 18.6 Å². The molecule has 7 heteroatoms. The van der Waals surface area contributed by atoms with Crippen molar-refractivity contribution in [3.05, 3.63) is 32.6 Å². The van der Waals surface area contributed by atoms with Gasteiger partial charge >= 0.3 is 5.97 Å². The standard InChI is InChI=1S/C17H22N2O4S/c1-11-12(2)24-14-10-13(17(21)22)19(16(20)15(11)14)5-3-4-18-6-8-23-9-7-18/h10H,3-9H2,1-2H3,(H,21,22). The Morgan fingerprint density at radius 1 is 1.29 bits per heavy atom. The van der Waals surface area contributed by atoms with Crippen LogP contribution in [0.25, 0.3) is 10.1 Å². The Hall–Kier alpha value is -1.70. The van der Waals surface area contributed by atoms with Gasteiger partial charge in [-0.05, 0) is 31.9 Å². The molecule has 0 aromatic carbocycles. The molecule has 0 saturated carbocycles. The molecule has 6 nitrogen and oxygen atoms in total. The third-order valence-corrected chi connectivity index (χ3v) is 5.76. The van der Waals surface area contributed by atoms with Gasteiger partial charge in [0.1, 0.15) is 5.69 Å². The molecule has 1 N–H and O–H groups in total. The fourth-order valence-corrected chi connectivity index (χ4v) is 4.24. The number of aryl methyl sites for hydroxylation is 2. The number of hydrogen-bond acceptors (Lipinski definition) is 5. The van der Waals surface area contributed by atoms with Crippen LogP contribution in [-0.4, -0.2) is 53.4 Å². The first-order valence-electron chi connectivity index (χ1n) is 8.16. The average Bonchev–Trinajstić information content (AvgIpc) is 2.85. The lowest BCUT2D eigenvalue weighted by Crippen LogP contribution is -2.37. The van der Waals surface area contributed by atoms with Crippen molar-refractivity contribution in [2.75, 3.05) is 32.8 Å². The van der Waals surface area contributed by atoms with E-state index < -0.39 is 5.97 Å². The van der Waals surface area contributed by atoms with E-state index in [0.717, 1.165) is 54.4 Å². The summed E-state index contributed by atoms with van der Waals surface area (Å²) in [5.41, 5.74) is 0.850. The molecule has 3 rings (SSSR count). The summed E-state index contributed by atoms with van der Waals surface area (Å²) in [4.78, 5) is 27.8. The fourth-order valence-electron chi connectivity index (χ4n) is 3.14. The normalized spacial score (nSPS) is 15.9. The number of pyridine rings is 1. The topological polar surface area (TPSA) is 71.8 Å². The maximum absolute atomic E-state index is 12.8. The Labute approximate surface area is 144 Å². The number of aromatic nitrogens is 1. The van der Waals surface area contributed by atoms with Crippen molar-refractivity contribution in [3.8, 4) is 0 Å². The van der Waals surface area contributed by atoms with Crippen LogP contribution in [0.15, 0.2) is 10.9 Å². The molecule has 24 heavy (non-hydrogen) atoms. The third kappa shape index (κ3) is 3.24. The number of ether oxygens (including phenoxy) is 1. The second-order valence-corrected chi connectivity index (χ2v) is 7.38. The number of carboxylic acid groups (broad SMARTS) is 1. The van der Waals surface area contributed by atoms with E-state index in [0.29, 0.717) is 11.9 Å². The number of fused-ring (bicyclic) bond motifs is 1. The Morgan fingerprint density at radius 3 is 2.67 bits per heavy atom. The lowest BCUT2D eigenvalue weighted by Gasteiger charge is -2.26. The summed E-state index contributed by atoms with van der Waals surface area (Å²) in [6.07, 6.45) is 0.744. The third-order valence-electron chi connectivity index (χ3n) is 4.61. The van der Waals surface area contributed by atoms with Gasteiger partial charge in [0.25, 0.3) is 5.56 Å². The summed E-state index contributed by atoms with van der Waals surface area (Å²) in [6.45, 7) is 8.40. The molecule has 3 heterocycles. The van der Waals surface area contributed by atoms with Crippen molar-refractivity contribution in [3.63, 3.8) is 0 Å². The highest BCUT2D eigenvalue weighted by atomic mass is 32.1. The van der Waals surface area contributed by atoms with E-state index in [1.165, 1.54) is 15.9 Å². The molecule has 1 aliphatic heterocycles. The Balaban J connectivity index is 1.88. The van der Waals surface area contributed by atoms with Crippen LogP contribution in [0.1, 0.15) is 27.3 Å². The molecule has 2 aromatic rings. The summed E-state index contributed by atoms with van der Waals surface area (Å²) in [5, 5.41) is 10.2. The van der Waals surface area contributed by atoms with Crippen LogP contribution in [-0.2, 0) is 11.3 Å². The van der Waals surface area contributed by atoms with Crippen molar-refractivity contribution in [2.24, 2.45) is 0 Å². The number of nitrogens with zero attached hydrogens (tertiary/aromatic N) is 2. The highest BCUT2D eigenvalue weighted by Gasteiger charge is 2.19. The predicted molar refractivity (Wildman–Crippen MR) is 94.4 cm³/mol. The molecule has 0 spiro atoms. The average molecular weight is 350 g/mol. The minimum absolute atomic E-state index is 0.0794. The summed E-state index contributed by atoms with van der Waals surface area (Å²) < 4.78 is 7.51. The van der Waals surface area contributed by atoms with Gasteiger partial charge in [0.15, 0.2) is 0 Å². The monoisotopic (exact) mass is 350 g/mol. The van der Waals surface area contributed by atoms with Crippen LogP contribution in [0.4, 0.5) is 0 Å². The van der Waals surface area contributed by atoms with Crippen molar-refractivity contribution in [1.82, 2.24) is 9.47 Å². The molecule has 0 atom stereocenters. The van der Waals surface area contributed by atoms with Gasteiger partial charge in [-0.25, -0.2) is 4.79 Å². The zero-order valence-electron chi connectivity index (χ0n) is 14.0. The summed E-state index contributed by atoms with van der Waals surface area (Å²) in [5.74, 6) is -1.05. The molecule has 1 aliphatic rings. The van der Waals surface area contributed by atoms with E-state index in [2.05, 4.69) is 4.90 Å². The number of rotatable bonds is 5. The lowest BCUT2D eigenvalue weighted by atomic mass is 10.1. The van der Waals surface area contributed by atoms with E-state index >= 15 is 0 Å². The molecule has 0 amide bonds. The van der Waals surface area contributed by atoms with Crippen LogP contribution in [0.2, 0.25) is 0 Å². The van der Waals surface area contributed by atoms with Crippen LogP contribution in [0, 0.1) is 13.8 Å². The van der Waals surface area contributed by atoms with Crippen LogP contribution < -0.4 is 5.56 Å². The van der Waals surface area contributed by atoms with E-state index in [1.54, 1.807) is 6.07 Å². The summed E-state index contributed by atoms with van der Waals surface area (Å²) in [7, 11) is 0. The van der Waals surface area contributed by atoms with Crippen LogP contribution >= 0.6 is 11.3 Å². The first kappa shape index (κ1) is 17.1. The molecule has 0 aliphatic carbocycles. The van der Waals surface area contributed by atoms with Crippen molar-refractivity contribution in [2.45, 2.75) is 26.8 Å². The molecule has 0 radical (unpaired) electrons. The Morgan fingerprint density at radius 2 is 2.00 bits per heavy atom. The Kier molecular flexibility index (Phi) is 5.03. The zero-order chi connectivity index (χ0) is 17.3. The highest BCUT2D eigenvalue weighted by molar-refractivity contribution is 7.19. The molecule has 0 bridgehead atoms. The minimum atomic E-state index is -1.05. The quantitative estimate of drug-likeness (QED) is 0.894. The van der Waals surface area contributed by atoms with Gasteiger partial charge in [-0.15, -0.1) is 11.3 Å². The summed E-state index contributed by atoms with van der Waals surface area (Å²) >= 11 is 1.48. The molecular weight excluding hydrogens is 328 g/mol. The van der Waals surface area contributed by atoms with Gasteiger partial charge in [-0.3, -0.25) is 9.69 Å². The lowest BCUT2D eigenvalue weighted by molar-refractivity contribution is 0.0368. The van der Waals surface area contributed by atoms with Gasteiger partial charge in [-0.1, -0.05) is 0 Å². The highest BCUT2D eigenvalue weighted by Crippen LogP contribution is 2.28. The van der Waals surface area contributed by atoms with Gasteiger partial charge in [-0.2, -0.15) is 0 Å². The number of aromatic carboxylic acids is 1. The van der Waals surface area contributed by atoms with Crippen molar-refractivity contribution < 1.29 is 14.6 Å². The molecule has 130 valence electrons. The fraction of sp³-hybridized carbons (Fsp3) is 0.529. The number of carbonyl (C=O) groups is 1. The Bertz CT molecular complexity index is 818. The SMILES string of the molecule is Cc1sc2cc(C(=O)O)n(CCCN3CCOCC3)c(=O)c2c1C. The van der Waals surface area contributed by atoms with Crippen molar-refractivity contribution in [1.29, 1.82) is 0 Å². The van der Waals surface area contributed by atoms with Crippen molar-refractivity contribution >= 4 is 27.4 Å². The smallest absolute Gasteiger partial charge is 0.352 e. The number of morpholine rings is 1. The van der Waals surface area contributed by atoms with Gasteiger partial charge < -0.3 is 14.4 Å². The molecular formula is C17H22N2O4S. The van der Waals surface area contributed by atoms with E-state index in [4.69, 9.17) is 4.74 Å². The van der Waals surface area contributed by atoms with E-state index in [9.17, 15) is 14.7 Å². The van der Waals surface area contributed by atoms with Gasteiger partial charge in [0.2, 0.25) is 0 Å². The van der Waals surface area contributed by atoms with Crippen LogP contribution in [0.5, 0.6) is 0 Å². The summed E-state index contributed by atoms with van der Waals surface area (Å²) in [6, 6.07) is 1.64. The molecule has 1 fully saturated rings. The maximum Gasteiger partial charge on any atom is 0.352 e. The van der Waals surface area contributed by atoms with E-state index in [-0.39, 0.29) is 11.3 Å². The number of thiophene rings is 1. The van der Waals surface area contributed by atoms with E-state index in [1.807, 2.05) is 13.8 Å². The first-order chi connectivity index (χ1) is 11.5. The number of hydrogen-bond donors (Lipinski definition) is 1. The molecule has 1 saturated heterocycles. The maximum atomic E-state index is 12.8. The largest absolute Gasteiger partial charge is 0.477 e. The molecule has 2 aromatic heterocycles. The first-order valence-corrected chi connectivity index (χ1v) is 8.97. The predicted octanol–water partition coefficient (Wildman–Crippen LogP) is 2.10. The van der Waals surface area contributed by atoms with Crippen LogP contribution in [0.3, 0.4) is 0 Å². The second-order valence-electron chi connectivity index (χ2n) is 6.12.